The first kappa shape index (κ1) is 15.8. The molecular weight excluding hydrogens is 283 g/mol. The van der Waals surface area contributed by atoms with Crippen LogP contribution in [0.2, 0.25) is 0 Å². The van der Waals surface area contributed by atoms with Gasteiger partial charge in [0.15, 0.2) is 0 Å². The summed E-state index contributed by atoms with van der Waals surface area (Å²) in [5.74, 6) is 0.151. The molecule has 0 aliphatic rings. The van der Waals surface area contributed by atoms with Crippen molar-refractivity contribution in [1.82, 2.24) is 0 Å². The molecule has 1 atom stereocenters. The SMILES string of the molecule is CC(CO)CSc1ccc([N+](=O)[O-])cc1C(F)(F)F. The van der Waals surface area contributed by atoms with E-state index in [0.29, 0.717) is 11.8 Å². The van der Waals surface area contributed by atoms with Crippen LogP contribution in [0.5, 0.6) is 0 Å². The van der Waals surface area contributed by atoms with Gasteiger partial charge in [-0.25, -0.2) is 0 Å². The van der Waals surface area contributed by atoms with Crippen molar-refractivity contribution in [2.75, 3.05) is 12.4 Å². The third kappa shape index (κ3) is 4.39. The van der Waals surface area contributed by atoms with E-state index in [-0.39, 0.29) is 17.4 Å². The molecule has 0 saturated heterocycles. The highest BCUT2D eigenvalue weighted by molar-refractivity contribution is 7.99. The van der Waals surface area contributed by atoms with Crippen LogP contribution < -0.4 is 0 Å². The fraction of sp³-hybridized carbons (Fsp3) is 0.455. The highest BCUT2D eigenvalue weighted by Crippen LogP contribution is 2.39. The maximum atomic E-state index is 12.8. The number of nitro groups is 1. The summed E-state index contributed by atoms with van der Waals surface area (Å²) in [6.45, 7) is 1.58. The van der Waals surface area contributed by atoms with Gasteiger partial charge in [0, 0.05) is 29.4 Å². The Bertz CT molecular complexity index is 465. The molecule has 8 heteroatoms. The quantitative estimate of drug-likeness (QED) is 0.514. The second-order valence-electron chi connectivity index (χ2n) is 4.03. The second kappa shape index (κ2) is 6.25. The number of thioether (sulfide) groups is 1. The van der Waals surface area contributed by atoms with Crippen LogP contribution in [0.15, 0.2) is 23.1 Å². The number of benzene rings is 1. The summed E-state index contributed by atoms with van der Waals surface area (Å²) in [4.78, 5) is 9.57. The Balaban J connectivity index is 3.06. The molecule has 1 unspecified atom stereocenters. The van der Waals surface area contributed by atoms with Gasteiger partial charge in [0.1, 0.15) is 0 Å². The highest BCUT2D eigenvalue weighted by atomic mass is 32.2. The van der Waals surface area contributed by atoms with Gasteiger partial charge in [-0.3, -0.25) is 10.1 Å². The Hall–Kier alpha value is -1.28. The molecule has 1 aromatic carbocycles. The van der Waals surface area contributed by atoms with Gasteiger partial charge in [-0.1, -0.05) is 6.92 Å². The van der Waals surface area contributed by atoms with Crippen LogP contribution >= 0.6 is 11.8 Å². The summed E-state index contributed by atoms with van der Waals surface area (Å²) < 4.78 is 38.4. The van der Waals surface area contributed by atoms with E-state index in [0.717, 1.165) is 23.9 Å². The molecular formula is C11H12F3NO3S. The average Bonchev–Trinajstić information content (AvgIpc) is 2.34. The summed E-state index contributed by atoms with van der Waals surface area (Å²) in [5.41, 5.74) is -1.61. The Kier molecular flexibility index (Phi) is 5.19. The normalized spacial score (nSPS) is 13.3. The molecule has 0 bridgehead atoms. The number of non-ortho nitro benzene ring substituents is 1. The molecule has 1 aromatic rings. The lowest BCUT2D eigenvalue weighted by molar-refractivity contribution is -0.385. The van der Waals surface area contributed by atoms with E-state index >= 15 is 0 Å². The van der Waals surface area contributed by atoms with Crippen molar-refractivity contribution >= 4 is 17.4 Å². The van der Waals surface area contributed by atoms with Crippen LogP contribution in [0, 0.1) is 16.0 Å². The lowest BCUT2D eigenvalue weighted by Gasteiger charge is -2.13. The number of hydrogen-bond acceptors (Lipinski definition) is 4. The minimum absolute atomic E-state index is 0.0709. The number of aliphatic hydroxyl groups is 1. The van der Waals surface area contributed by atoms with Gasteiger partial charge in [-0.05, 0) is 12.0 Å². The van der Waals surface area contributed by atoms with Crippen LogP contribution in [0.4, 0.5) is 18.9 Å². The van der Waals surface area contributed by atoms with E-state index in [2.05, 4.69) is 0 Å². The lowest BCUT2D eigenvalue weighted by Crippen LogP contribution is -2.09. The topological polar surface area (TPSA) is 63.4 Å². The molecule has 1 rings (SSSR count). The van der Waals surface area contributed by atoms with Crippen molar-refractivity contribution in [2.24, 2.45) is 5.92 Å². The van der Waals surface area contributed by atoms with E-state index in [1.807, 2.05) is 0 Å². The zero-order valence-corrected chi connectivity index (χ0v) is 10.8. The summed E-state index contributed by atoms with van der Waals surface area (Å²) >= 11 is 0.924. The molecule has 19 heavy (non-hydrogen) atoms. The van der Waals surface area contributed by atoms with Crippen molar-refractivity contribution < 1.29 is 23.2 Å². The van der Waals surface area contributed by atoms with Crippen LogP contribution in [0.1, 0.15) is 12.5 Å². The Morgan fingerprint density at radius 2 is 2.11 bits per heavy atom. The highest BCUT2D eigenvalue weighted by Gasteiger charge is 2.35. The molecule has 1 N–H and O–H groups in total. The first-order valence-corrected chi connectivity index (χ1v) is 6.33. The number of rotatable bonds is 5. The largest absolute Gasteiger partial charge is 0.417 e. The summed E-state index contributed by atoms with van der Waals surface area (Å²) in [7, 11) is 0. The van der Waals surface area contributed by atoms with Crippen molar-refractivity contribution in [3.63, 3.8) is 0 Å². The molecule has 0 saturated carbocycles. The molecule has 0 aliphatic heterocycles. The van der Waals surface area contributed by atoms with E-state index in [1.165, 1.54) is 0 Å². The van der Waals surface area contributed by atoms with Crippen LogP contribution in [-0.2, 0) is 6.18 Å². The standard InChI is InChI=1S/C11H12F3NO3S/c1-7(5-16)6-19-10-3-2-8(15(17)18)4-9(10)11(12,13)14/h2-4,7,16H,5-6H2,1H3. The number of hydrogen-bond donors (Lipinski definition) is 1. The molecule has 0 amide bonds. The van der Waals surface area contributed by atoms with E-state index in [9.17, 15) is 23.3 Å². The minimum atomic E-state index is -4.64. The lowest BCUT2D eigenvalue weighted by atomic mass is 10.2. The second-order valence-corrected chi connectivity index (χ2v) is 5.10. The molecule has 0 spiro atoms. The van der Waals surface area contributed by atoms with Crippen molar-refractivity contribution in [1.29, 1.82) is 0 Å². The molecule has 0 aliphatic carbocycles. The van der Waals surface area contributed by atoms with Crippen molar-refractivity contribution in [3.8, 4) is 0 Å². The molecule has 0 radical (unpaired) electrons. The molecule has 0 heterocycles. The number of nitrogens with zero attached hydrogens (tertiary/aromatic N) is 1. The fourth-order valence-corrected chi connectivity index (χ4v) is 2.33. The average molecular weight is 295 g/mol. The third-order valence-corrected chi connectivity index (χ3v) is 3.72. The van der Waals surface area contributed by atoms with Crippen molar-refractivity contribution in [2.45, 2.75) is 18.0 Å². The number of alkyl halides is 3. The monoisotopic (exact) mass is 295 g/mol. The first-order chi connectivity index (χ1) is 8.75. The number of halogens is 3. The van der Waals surface area contributed by atoms with Gasteiger partial charge in [-0.2, -0.15) is 13.2 Å². The molecule has 0 aromatic heterocycles. The summed E-state index contributed by atoms with van der Waals surface area (Å²) in [5, 5.41) is 19.3. The predicted octanol–water partition coefficient (Wildman–Crippen LogP) is 3.33. The van der Waals surface area contributed by atoms with E-state index < -0.39 is 22.4 Å². The van der Waals surface area contributed by atoms with Gasteiger partial charge < -0.3 is 5.11 Å². The minimum Gasteiger partial charge on any atom is -0.396 e. The fourth-order valence-electron chi connectivity index (χ4n) is 1.26. The van der Waals surface area contributed by atoms with Gasteiger partial charge in [0.25, 0.3) is 5.69 Å². The molecule has 0 fully saturated rings. The van der Waals surface area contributed by atoms with E-state index in [1.54, 1.807) is 6.92 Å². The first-order valence-electron chi connectivity index (χ1n) is 5.35. The smallest absolute Gasteiger partial charge is 0.396 e. The van der Waals surface area contributed by atoms with Crippen LogP contribution in [0.3, 0.4) is 0 Å². The maximum Gasteiger partial charge on any atom is 0.417 e. The Labute approximate surface area is 111 Å². The number of nitro benzene ring substituents is 1. The Morgan fingerprint density at radius 1 is 1.47 bits per heavy atom. The van der Waals surface area contributed by atoms with Crippen LogP contribution in [0.25, 0.3) is 0 Å². The zero-order chi connectivity index (χ0) is 14.6. The van der Waals surface area contributed by atoms with Crippen molar-refractivity contribution in [3.05, 3.63) is 33.9 Å². The third-order valence-electron chi connectivity index (χ3n) is 2.31. The zero-order valence-electron chi connectivity index (χ0n) is 9.98. The van der Waals surface area contributed by atoms with Gasteiger partial charge >= 0.3 is 6.18 Å². The summed E-state index contributed by atoms with van der Waals surface area (Å²) in [6.07, 6.45) is -4.64. The van der Waals surface area contributed by atoms with E-state index in [4.69, 9.17) is 5.11 Å². The molecule has 106 valence electrons. The Morgan fingerprint density at radius 3 is 2.58 bits per heavy atom. The summed E-state index contributed by atoms with van der Waals surface area (Å²) in [6, 6.07) is 2.67. The van der Waals surface area contributed by atoms with Gasteiger partial charge in [0.05, 0.1) is 10.5 Å². The van der Waals surface area contributed by atoms with Crippen LogP contribution in [-0.4, -0.2) is 22.4 Å². The number of aliphatic hydroxyl groups excluding tert-OH is 1. The van der Waals surface area contributed by atoms with Gasteiger partial charge in [0.2, 0.25) is 0 Å². The van der Waals surface area contributed by atoms with Gasteiger partial charge in [-0.15, -0.1) is 11.8 Å². The molecule has 4 nitrogen and oxygen atoms in total. The predicted molar refractivity (Wildman–Crippen MR) is 65.1 cm³/mol. The maximum absolute atomic E-state index is 12.8.